The largest absolute Gasteiger partial charge is 0.495 e. The van der Waals surface area contributed by atoms with Gasteiger partial charge in [0, 0.05) is 63.8 Å². The highest BCUT2D eigenvalue weighted by Crippen LogP contribution is 2.40. The molecule has 1 saturated heterocycles. The fourth-order valence-corrected chi connectivity index (χ4v) is 7.65. The molecule has 2 fully saturated rings. The summed E-state index contributed by atoms with van der Waals surface area (Å²) in [4.78, 5) is 55.9. The zero-order valence-electron chi connectivity index (χ0n) is 32.3. The van der Waals surface area contributed by atoms with Crippen molar-refractivity contribution in [2.24, 2.45) is 0 Å². The first-order chi connectivity index (χ1) is 28.0. The molecule has 3 amide bonds. The number of fused-ring (bicyclic) bond motifs is 1. The minimum absolute atomic E-state index is 0.0205. The molecule has 7 rings (SSSR count). The van der Waals surface area contributed by atoms with Crippen molar-refractivity contribution in [3.05, 3.63) is 95.2 Å². The zero-order valence-corrected chi connectivity index (χ0v) is 32.3. The van der Waals surface area contributed by atoms with E-state index in [2.05, 4.69) is 35.8 Å². The lowest BCUT2D eigenvalue weighted by molar-refractivity contribution is -0.140. The molecule has 0 spiro atoms. The van der Waals surface area contributed by atoms with Crippen molar-refractivity contribution < 1.29 is 37.0 Å². The fourth-order valence-electron chi connectivity index (χ4n) is 7.65. The molecule has 1 aliphatic carbocycles. The summed E-state index contributed by atoms with van der Waals surface area (Å²) < 4.78 is 56.4. The molecule has 0 atom stereocenters. The van der Waals surface area contributed by atoms with E-state index in [-0.39, 0.29) is 59.7 Å². The van der Waals surface area contributed by atoms with Gasteiger partial charge in [-0.05, 0) is 54.5 Å². The lowest BCUT2D eigenvalue weighted by Crippen LogP contribution is -2.48. The molecule has 3 aliphatic rings. The van der Waals surface area contributed by atoms with Gasteiger partial charge in [0.15, 0.2) is 5.82 Å². The number of hydrogen-bond donors (Lipinski definition) is 3. The Hall–Kier alpha value is -5.97. The first-order valence-electron chi connectivity index (χ1n) is 19.3. The van der Waals surface area contributed by atoms with Crippen molar-refractivity contribution in [3.8, 4) is 5.75 Å². The van der Waals surface area contributed by atoms with Gasteiger partial charge in [-0.2, -0.15) is 13.8 Å². The van der Waals surface area contributed by atoms with Crippen molar-refractivity contribution >= 4 is 41.0 Å². The van der Waals surface area contributed by atoms with Crippen LogP contribution in [0, 0.1) is 5.82 Å². The molecule has 0 bridgehead atoms. The van der Waals surface area contributed by atoms with Gasteiger partial charge in [0.05, 0.1) is 31.1 Å². The van der Waals surface area contributed by atoms with Crippen LogP contribution >= 0.6 is 0 Å². The van der Waals surface area contributed by atoms with E-state index in [0.29, 0.717) is 45.3 Å². The highest BCUT2D eigenvalue weighted by molar-refractivity contribution is 6.02. The van der Waals surface area contributed by atoms with Gasteiger partial charge in [-0.3, -0.25) is 19.5 Å². The third-order valence-electron chi connectivity index (χ3n) is 10.7. The first-order valence-corrected chi connectivity index (χ1v) is 19.3. The van der Waals surface area contributed by atoms with Gasteiger partial charge in [-0.15, -0.1) is 0 Å². The number of alkyl halides is 2. The summed E-state index contributed by atoms with van der Waals surface area (Å²) in [5.41, 5.74) is 2.78. The van der Waals surface area contributed by atoms with Crippen molar-refractivity contribution in [3.63, 3.8) is 0 Å². The normalized spacial score (nSPS) is 17.4. The summed E-state index contributed by atoms with van der Waals surface area (Å²) in [5.74, 6) is -6.07. The van der Waals surface area contributed by atoms with E-state index in [9.17, 15) is 14.4 Å². The van der Waals surface area contributed by atoms with Crippen LogP contribution < -0.4 is 30.5 Å². The number of rotatable bonds is 12. The number of aromatic nitrogens is 3. The number of nitrogens with zero attached hydrogens (tertiary/aromatic N) is 6. The van der Waals surface area contributed by atoms with Crippen LogP contribution in [0.3, 0.4) is 0 Å². The summed E-state index contributed by atoms with van der Waals surface area (Å²) in [6, 6.07) is 13.4. The highest BCUT2D eigenvalue weighted by Gasteiger charge is 2.49. The third kappa shape index (κ3) is 9.41. The molecular weight excluding hydrogens is 756 g/mol. The number of benzene rings is 2. The summed E-state index contributed by atoms with van der Waals surface area (Å²) in [6.45, 7) is 1.65. The maximum absolute atomic E-state index is 15.6. The smallest absolute Gasteiger partial charge is 0.407 e. The number of methoxy groups -OCH3 is 1. The molecule has 4 aromatic rings. The molecule has 14 nitrogen and oxygen atoms in total. The molecule has 0 radical (unpaired) electrons. The van der Waals surface area contributed by atoms with E-state index < -0.39 is 36.2 Å². The Kier molecular flexibility index (Phi) is 12.3. The standard InChI is InChI=1S/C41H46F3N9O5/c1-51-34-22-46-39(50-36(34)53(30-10-6-7-11-30)25-41(43,44)38(51)55)49-33-18-32(42)31(17-35(33)57-2)37(54)48-29-12-14-52(15-13-29)23-28-16-27(19-45-20-28)21-47-40(56)58-24-26-8-4-3-5-9-26/h3-5,8-9,16-20,22,29-30H,6-7,10-15,21,23-25H2,1-2H3,(H,47,56)(H,48,54)(H,46,49,50). The number of anilines is 4. The van der Waals surface area contributed by atoms with Gasteiger partial charge in [-0.1, -0.05) is 43.2 Å². The molecule has 306 valence electrons. The molecular formula is C41H46F3N9O5. The second kappa shape index (κ2) is 17.7. The van der Waals surface area contributed by atoms with Crippen LogP contribution in [0.25, 0.3) is 0 Å². The molecule has 4 heterocycles. The van der Waals surface area contributed by atoms with Crippen LogP contribution in [0.4, 0.5) is 41.1 Å². The maximum Gasteiger partial charge on any atom is 0.407 e. The fraction of sp³-hybridized carbons (Fsp3) is 0.415. The molecule has 2 aromatic heterocycles. The first kappa shape index (κ1) is 40.2. The molecule has 1 saturated carbocycles. The van der Waals surface area contributed by atoms with Crippen LogP contribution in [0.15, 0.2) is 67.1 Å². The van der Waals surface area contributed by atoms with E-state index in [0.717, 1.165) is 40.5 Å². The summed E-state index contributed by atoms with van der Waals surface area (Å²) in [5, 5.41) is 8.63. The SMILES string of the molecule is COc1cc(C(=O)NC2CCN(Cc3cncc(CNC(=O)OCc4ccccc4)c3)CC2)c(F)cc1Nc1ncc2c(n1)N(C1CCCC1)CC(F)(F)C(=O)N2C. The number of carbonyl (C=O) groups is 3. The van der Waals surface area contributed by atoms with Gasteiger partial charge in [0.1, 0.15) is 23.9 Å². The molecule has 58 heavy (non-hydrogen) atoms. The Balaban J connectivity index is 0.935. The number of ether oxygens (including phenoxy) is 2. The number of alkyl carbamates (subject to hydrolysis) is 1. The number of carbonyl (C=O) groups excluding carboxylic acids is 3. The van der Waals surface area contributed by atoms with Crippen LogP contribution in [0.2, 0.25) is 0 Å². The maximum atomic E-state index is 15.6. The predicted molar refractivity (Wildman–Crippen MR) is 210 cm³/mol. The number of hydrogen-bond acceptors (Lipinski definition) is 11. The van der Waals surface area contributed by atoms with Crippen LogP contribution in [-0.2, 0) is 29.2 Å². The average Bonchev–Trinajstić information content (AvgIpc) is 3.75. The Morgan fingerprint density at radius 1 is 0.966 bits per heavy atom. The lowest BCUT2D eigenvalue weighted by Gasteiger charge is -2.32. The van der Waals surface area contributed by atoms with Crippen molar-refractivity contribution in [1.82, 2.24) is 30.5 Å². The van der Waals surface area contributed by atoms with Crippen molar-refractivity contribution in [2.75, 3.05) is 48.9 Å². The second-order valence-electron chi connectivity index (χ2n) is 14.8. The lowest BCUT2D eigenvalue weighted by atomic mass is 10.0. The Bertz CT molecular complexity index is 2110. The Labute approximate surface area is 334 Å². The zero-order chi connectivity index (χ0) is 40.8. The van der Waals surface area contributed by atoms with Crippen LogP contribution in [-0.4, -0.2) is 89.6 Å². The number of halogens is 3. The molecule has 2 aliphatic heterocycles. The third-order valence-corrected chi connectivity index (χ3v) is 10.7. The van der Waals surface area contributed by atoms with Crippen molar-refractivity contribution in [2.45, 2.75) is 76.2 Å². The molecule has 17 heteroatoms. The van der Waals surface area contributed by atoms with E-state index in [4.69, 9.17) is 9.47 Å². The van der Waals surface area contributed by atoms with E-state index >= 15 is 13.2 Å². The molecule has 0 unspecified atom stereocenters. The van der Waals surface area contributed by atoms with Gasteiger partial charge >= 0.3 is 12.0 Å². The van der Waals surface area contributed by atoms with E-state index in [1.165, 1.54) is 31.3 Å². The number of pyridine rings is 1. The number of nitrogens with one attached hydrogen (secondary N) is 3. The van der Waals surface area contributed by atoms with Crippen LogP contribution in [0.1, 0.15) is 65.6 Å². The van der Waals surface area contributed by atoms with Crippen LogP contribution in [0.5, 0.6) is 5.75 Å². The Morgan fingerprint density at radius 3 is 2.45 bits per heavy atom. The second-order valence-corrected chi connectivity index (χ2v) is 14.8. The van der Waals surface area contributed by atoms with Gasteiger partial charge in [0.2, 0.25) is 5.95 Å². The quantitative estimate of drug-likeness (QED) is 0.156. The molecule has 3 N–H and O–H groups in total. The summed E-state index contributed by atoms with van der Waals surface area (Å²) in [6.07, 6.45) is 8.67. The Morgan fingerprint density at radius 2 is 1.71 bits per heavy atom. The number of likely N-dealkylation sites (tertiary alicyclic amines) is 1. The van der Waals surface area contributed by atoms with E-state index in [1.807, 2.05) is 36.4 Å². The summed E-state index contributed by atoms with van der Waals surface area (Å²) >= 11 is 0. The van der Waals surface area contributed by atoms with Gasteiger partial charge in [-0.25, -0.2) is 14.2 Å². The minimum atomic E-state index is -3.63. The van der Waals surface area contributed by atoms with Crippen molar-refractivity contribution in [1.29, 1.82) is 0 Å². The van der Waals surface area contributed by atoms with Gasteiger partial charge < -0.3 is 35.2 Å². The van der Waals surface area contributed by atoms with E-state index in [1.54, 1.807) is 12.4 Å². The predicted octanol–water partition coefficient (Wildman–Crippen LogP) is 5.94. The highest BCUT2D eigenvalue weighted by atomic mass is 19.3. The number of amides is 3. The monoisotopic (exact) mass is 801 g/mol. The molecule has 2 aromatic carbocycles. The van der Waals surface area contributed by atoms with Gasteiger partial charge in [0.25, 0.3) is 11.8 Å². The minimum Gasteiger partial charge on any atom is -0.495 e. The topological polar surface area (TPSA) is 154 Å². The average molecular weight is 802 g/mol. The number of piperidine rings is 1. The summed E-state index contributed by atoms with van der Waals surface area (Å²) in [7, 11) is 2.64.